The highest BCUT2D eigenvalue weighted by atomic mass is 79.9. The molecule has 1 aliphatic rings. The Bertz CT molecular complexity index is 1780. The molecule has 2 unspecified atom stereocenters. The second kappa shape index (κ2) is 14.9. The number of likely N-dealkylation sites (N-methyl/N-ethyl adjacent to an activating group) is 1. The van der Waals surface area contributed by atoms with Crippen molar-refractivity contribution >= 4 is 74.3 Å². The van der Waals surface area contributed by atoms with Crippen molar-refractivity contribution in [3.63, 3.8) is 0 Å². The molecule has 12 nitrogen and oxygen atoms in total. The molecule has 49 heavy (non-hydrogen) atoms. The Morgan fingerprint density at radius 2 is 1.80 bits per heavy atom. The van der Waals surface area contributed by atoms with E-state index >= 15 is 0 Å². The number of carboxylic acids is 1. The quantitative estimate of drug-likeness (QED) is 0.192. The van der Waals surface area contributed by atoms with Crippen LogP contribution in [-0.2, 0) is 33.9 Å². The second-order valence-electron chi connectivity index (χ2n) is 12.6. The van der Waals surface area contributed by atoms with Crippen molar-refractivity contribution in [2.45, 2.75) is 58.0 Å². The van der Waals surface area contributed by atoms with E-state index in [9.17, 15) is 37.4 Å². The molecule has 17 heteroatoms. The number of hydrogen-bond acceptors (Lipinski definition) is 8. The van der Waals surface area contributed by atoms with Gasteiger partial charge in [0.05, 0.1) is 17.6 Å². The number of nitrogens with zero attached hydrogens (tertiary/aromatic N) is 2. The smallest absolute Gasteiger partial charge is 0.401 e. The van der Waals surface area contributed by atoms with Crippen LogP contribution in [0.15, 0.2) is 53.0 Å². The molecule has 0 radical (unpaired) electrons. The zero-order valence-electron chi connectivity index (χ0n) is 27.3. The molecule has 0 spiro atoms. The van der Waals surface area contributed by atoms with Crippen molar-refractivity contribution in [3.05, 3.63) is 63.4 Å². The Kier molecular flexibility index (Phi) is 11.7. The van der Waals surface area contributed by atoms with Crippen LogP contribution in [0.3, 0.4) is 0 Å². The van der Waals surface area contributed by atoms with Gasteiger partial charge in [0.15, 0.2) is 0 Å². The molecule has 3 aromatic rings. The Hall–Kier alpha value is -3.27. The summed E-state index contributed by atoms with van der Waals surface area (Å²) < 4.78 is 53.1. The van der Waals surface area contributed by atoms with Gasteiger partial charge in [-0.25, -0.2) is 4.79 Å². The average molecular weight is 789 g/mol. The fourth-order valence-corrected chi connectivity index (χ4v) is 7.57. The molecule has 2 aromatic carbocycles. The van der Waals surface area contributed by atoms with E-state index in [0.29, 0.717) is 10.4 Å². The normalized spacial score (nSPS) is 18.6. The largest absolute Gasteiger partial charge is 0.480 e. The number of rotatable bonds is 12. The number of ether oxygens (including phenoxy) is 1. The highest BCUT2D eigenvalue weighted by Crippen LogP contribution is 2.63. The van der Waals surface area contributed by atoms with Crippen molar-refractivity contribution in [2.75, 3.05) is 31.7 Å². The molecular weight excluding hydrogens is 751 g/mol. The van der Waals surface area contributed by atoms with Crippen LogP contribution in [0, 0.1) is 5.41 Å². The zero-order valence-corrected chi connectivity index (χ0v) is 30.6. The number of amides is 3. The molecule has 4 rings (SSSR count). The minimum atomic E-state index is -5.34. The molecule has 2 heterocycles. The predicted octanol–water partition coefficient (Wildman–Crippen LogP) is 5.81. The van der Waals surface area contributed by atoms with Gasteiger partial charge in [0.2, 0.25) is 11.8 Å². The third kappa shape index (κ3) is 8.55. The van der Waals surface area contributed by atoms with Gasteiger partial charge in [-0.05, 0) is 60.2 Å². The van der Waals surface area contributed by atoms with Crippen molar-refractivity contribution in [1.82, 2.24) is 10.2 Å². The van der Waals surface area contributed by atoms with Crippen LogP contribution in [-0.4, -0.2) is 83.6 Å². The van der Waals surface area contributed by atoms with Crippen LogP contribution in [0.25, 0.3) is 10.1 Å². The van der Waals surface area contributed by atoms with Crippen LogP contribution in [0.1, 0.15) is 49.4 Å². The van der Waals surface area contributed by atoms with Gasteiger partial charge in [0.25, 0.3) is 5.91 Å². The number of nitrogens with one attached hydrogen (secondary N) is 1. The Balaban J connectivity index is 1.61. The lowest BCUT2D eigenvalue weighted by molar-refractivity contribution is -0.144. The highest BCUT2D eigenvalue weighted by molar-refractivity contribution is 9.10. The number of carboxylic acid groups (broad SMARTS) is 1. The van der Waals surface area contributed by atoms with E-state index < -0.39 is 79.3 Å². The first-order valence-corrected chi connectivity index (χ1v) is 18.3. The number of thiophene rings is 1. The number of alkyl halides is 2. The number of benzene rings is 2. The van der Waals surface area contributed by atoms with Crippen LogP contribution < -0.4 is 10.2 Å². The molecule has 1 fully saturated rings. The molecule has 1 aliphatic heterocycles. The van der Waals surface area contributed by atoms with Crippen LogP contribution >= 0.6 is 34.9 Å². The van der Waals surface area contributed by atoms with Crippen molar-refractivity contribution in [2.24, 2.45) is 5.41 Å². The van der Waals surface area contributed by atoms with Crippen molar-refractivity contribution < 1.29 is 51.8 Å². The van der Waals surface area contributed by atoms with Gasteiger partial charge < -0.3 is 34.4 Å². The van der Waals surface area contributed by atoms with E-state index in [1.54, 1.807) is 52.1 Å². The average Bonchev–Trinajstić information content (AvgIpc) is 3.65. The summed E-state index contributed by atoms with van der Waals surface area (Å²) in [5, 5.41) is 12.1. The molecule has 1 saturated heterocycles. The van der Waals surface area contributed by atoms with E-state index in [-0.39, 0.29) is 23.2 Å². The van der Waals surface area contributed by atoms with Crippen LogP contribution in [0.5, 0.6) is 0 Å². The first-order valence-electron chi connectivity index (χ1n) is 15.1. The summed E-state index contributed by atoms with van der Waals surface area (Å²) in [6, 6.07) is 9.38. The summed E-state index contributed by atoms with van der Waals surface area (Å²) in [6.07, 6.45) is -0.743. The van der Waals surface area contributed by atoms with E-state index in [1.165, 1.54) is 28.9 Å². The van der Waals surface area contributed by atoms with E-state index in [2.05, 4.69) is 25.8 Å². The van der Waals surface area contributed by atoms with E-state index in [1.807, 2.05) is 0 Å². The molecule has 0 bridgehead atoms. The van der Waals surface area contributed by atoms with Gasteiger partial charge in [0, 0.05) is 40.4 Å². The van der Waals surface area contributed by atoms with Gasteiger partial charge in [-0.3, -0.25) is 18.9 Å². The number of anilines is 1. The fraction of sp³-hybridized carbons (Fsp3) is 0.438. The lowest BCUT2D eigenvalue weighted by atomic mass is 9.85. The number of hydrogen-bond donors (Lipinski definition) is 3. The Morgan fingerprint density at radius 1 is 1.14 bits per heavy atom. The topological polar surface area (TPSA) is 163 Å². The maximum atomic E-state index is 14.9. The SMILES string of the molecule is CCOP(=O)(O)C(F)(F)c1ccc2sc(C(=O)NC(C(=O)N3C[C@H](OCC(=O)O)C[C@H]3C(=O)N(C)c3ccc(Br)cc3)C(C)(C)C)cc2c1. The zero-order chi connectivity index (χ0) is 36.5. The summed E-state index contributed by atoms with van der Waals surface area (Å²) in [6.45, 7) is 5.36. The third-order valence-electron chi connectivity index (χ3n) is 7.95. The minimum Gasteiger partial charge on any atom is -0.480 e. The Morgan fingerprint density at radius 3 is 2.39 bits per heavy atom. The van der Waals surface area contributed by atoms with Gasteiger partial charge in [-0.15, -0.1) is 11.3 Å². The monoisotopic (exact) mass is 787 g/mol. The number of carbonyl (C=O) groups is 4. The third-order valence-corrected chi connectivity index (χ3v) is 11.2. The number of carbonyl (C=O) groups excluding carboxylic acids is 3. The van der Waals surface area contributed by atoms with E-state index in [4.69, 9.17) is 9.84 Å². The van der Waals surface area contributed by atoms with Gasteiger partial charge in [-0.1, -0.05) is 42.8 Å². The standard InChI is InChI=1S/C32H37BrF2N3O9PS/c1-6-47-48(44,45)32(34,35)19-7-12-24-18(13-19)14-25(49-24)28(41)36-27(31(2,3)4)30(43)38-16-22(46-17-26(39)40)15-23(38)29(42)37(5)21-10-8-20(33)9-11-21/h7-14,22-23,27H,6,15-17H2,1-5H3,(H,36,41)(H,39,40)(H,44,45)/t22-,23+,27?/m1/s1. The van der Waals surface area contributed by atoms with Gasteiger partial charge in [0.1, 0.15) is 18.7 Å². The van der Waals surface area contributed by atoms with Crippen LogP contribution in [0.4, 0.5) is 14.5 Å². The maximum absolute atomic E-state index is 14.9. The summed E-state index contributed by atoms with van der Waals surface area (Å²) in [7, 11) is -3.78. The predicted molar refractivity (Wildman–Crippen MR) is 183 cm³/mol. The van der Waals surface area contributed by atoms with Gasteiger partial charge >= 0.3 is 19.2 Å². The summed E-state index contributed by atoms with van der Waals surface area (Å²) >= 11 is 4.33. The molecule has 0 saturated carbocycles. The lowest BCUT2D eigenvalue weighted by Gasteiger charge is -2.36. The summed E-state index contributed by atoms with van der Waals surface area (Å²) in [5.74, 6) is -2.93. The fourth-order valence-electron chi connectivity index (χ4n) is 5.38. The van der Waals surface area contributed by atoms with Crippen molar-refractivity contribution in [3.8, 4) is 0 Å². The molecular formula is C32H37BrF2N3O9PS. The first kappa shape index (κ1) is 38.5. The number of likely N-dealkylation sites (tertiary alicyclic amines) is 1. The first-order chi connectivity index (χ1) is 22.8. The molecule has 4 atom stereocenters. The molecule has 3 N–H and O–H groups in total. The minimum absolute atomic E-state index is 0.0247. The number of aliphatic carboxylic acids is 1. The Labute approximate surface area is 294 Å². The maximum Gasteiger partial charge on any atom is 0.401 e. The highest BCUT2D eigenvalue weighted by Gasteiger charge is 2.52. The molecule has 266 valence electrons. The lowest BCUT2D eigenvalue weighted by Crippen LogP contribution is -2.57. The summed E-state index contributed by atoms with van der Waals surface area (Å²) in [4.78, 5) is 65.5. The second-order valence-corrected chi connectivity index (χ2v) is 16.4. The van der Waals surface area contributed by atoms with Gasteiger partial charge in [-0.2, -0.15) is 8.78 Å². The van der Waals surface area contributed by atoms with Crippen molar-refractivity contribution in [1.29, 1.82) is 0 Å². The molecule has 1 aromatic heterocycles. The molecule has 0 aliphatic carbocycles. The molecule has 3 amide bonds. The van der Waals surface area contributed by atoms with Crippen LogP contribution in [0.2, 0.25) is 0 Å². The summed E-state index contributed by atoms with van der Waals surface area (Å²) in [5.41, 5.74) is -5.29. The number of halogens is 3. The number of fused-ring (bicyclic) bond motifs is 1. The van der Waals surface area contributed by atoms with E-state index in [0.717, 1.165) is 27.9 Å².